The van der Waals surface area contributed by atoms with E-state index in [0.717, 1.165) is 12.0 Å². The van der Waals surface area contributed by atoms with Gasteiger partial charge in [0, 0.05) is 11.9 Å². The highest BCUT2D eigenvalue weighted by Crippen LogP contribution is 1.96. The van der Waals surface area contributed by atoms with Crippen LogP contribution in [0.3, 0.4) is 0 Å². The second kappa shape index (κ2) is 2.67. The predicted octanol–water partition coefficient (Wildman–Crippen LogP) is 0.523. The molecule has 1 aromatic rings. The number of aryl methyl sites for hydroxylation is 1. The van der Waals surface area contributed by atoms with Gasteiger partial charge >= 0.3 is 0 Å². The molecule has 2 heteroatoms. The van der Waals surface area contributed by atoms with Crippen LogP contribution in [0.1, 0.15) is 11.3 Å². The van der Waals surface area contributed by atoms with Gasteiger partial charge in [0.15, 0.2) is 0 Å². The average molecular weight is 119 g/mol. The van der Waals surface area contributed by atoms with Crippen LogP contribution < -0.4 is 0 Å². The normalized spacial score (nSPS) is 9.44. The molecule has 9 heavy (non-hydrogen) atoms. The molecule has 0 aliphatic rings. The summed E-state index contributed by atoms with van der Waals surface area (Å²) in [6.07, 6.45) is 3.00. The lowest BCUT2D eigenvalue weighted by molar-refractivity contribution is 1.16. The molecule has 0 bridgehead atoms. The largest absolute Gasteiger partial charge is 0.261 e. The Bertz CT molecular complexity index is 181. The van der Waals surface area contributed by atoms with Gasteiger partial charge in [-0.3, -0.25) is 4.98 Å². The molecule has 0 atom stereocenters. The number of nitrogens with zero attached hydrogens (tertiary/aromatic N) is 1. The lowest BCUT2D eigenvalue weighted by Crippen LogP contribution is -1.85. The molecule has 0 saturated carbocycles. The minimum Gasteiger partial charge on any atom is -0.261 e. The van der Waals surface area contributed by atoms with Crippen molar-refractivity contribution in [2.24, 2.45) is 0 Å². The Morgan fingerprint density at radius 2 is 2.33 bits per heavy atom. The first-order chi connectivity index (χ1) is 4.33. The Balaban J connectivity index is 2.88. The van der Waals surface area contributed by atoms with Crippen molar-refractivity contribution in [3.8, 4) is 0 Å². The summed E-state index contributed by atoms with van der Waals surface area (Å²) in [7, 11) is 2.13. The molecule has 1 heterocycles. The summed E-state index contributed by atoms with van der Waals surface area (Å²) in [4.78, 5) is 4.15. The molecule has 0 saturated heterocycles. The van der Waals surface area contributed by atoms with E-state index in [9.17, 15) is 0 Å². The van der Waals surface area contributed by atoms with Crippen molar-refractivity contribution >= 4 is 7.85 Å². The van der Waals surface area contributed by atoms with E-state index in [0.29, 0.717) is 0 Å². The summed E-state index contributed by atoms with van der Waals surface area (Å²) in [6.45, 7) is 2.00. The van der Waals surface area contributed by atoms with Gasteiger partial charge in [0.1, 0.15) is 7.85 Å². The van der Waals surface area contributed by atoms with E-state index in [1.807, 2.05) is 19.2 Å². The van der Waals surface area contributed by atoms with Crippen LogP contribution in [-0.2, 0) is 6.32 Å². The fourth-order valence-corrected chi connectivity index (χ4v) is 0.708. The predicted molar refractivity (Wildman–Crippen MR) is 41.2 cm³/mol. The van der Waals surface area contributed by atoms with Gasteiger partial charge in [-0.2, -0.15) is 0 Å². The summed E-state index contributed by atoms with van der Waals surface area (Å²) in [6, 6.07) is 4.15. The minimum atomic E-state index is 1.08. The zero-order valence-corrected chi connectivity index (χ0v) is 5.89. The van der Waals surface area contributed by atoms with Crippen molar-refractivity contribution in [3.63, 3.8) is 0 Å². The highest BCUT2D eigenvalue weighted by molar-refractivity contribution is 6.08. The number of hydrogen-bond donors (Lipinski definition) is 0. The fraction of sp³-hybridized carbons (Fsp3) is 0.286. The van der Waals surface area contributed by atoms with E-state index in [4.69, 9.17) is 0 Å². The molecule has 46 valence electrons. The van der Waals surface area contributed by atoms with Crippen LogP contribution in [0.4, 0.5) is 0 Å². The van der Waals surface area contributed by atoms with E-state index in [1.54, 1.807) is 0 Å². The molecule has 0 amide bonds. The molecular formula is C7H10BN. The molecule has 0 N–H and O–H groups in total. The highest BCUT2D eigenvalue weighted by Gasteiger charge is 1.86. The second-order valence-corrected chi connectivity index (χ2v) is 2.16. The Kier molecular flexibility index (Phi) is 1.88. The first-order valence-electron chi connectivity index (χ1n) is 3.24. The van der Waals surface area contributed by atoms with Gasteiger partial charge in [-0.15, -0.1) is 0 Å². The van der Waals surface area contributed by atoms with E-state index in [1.165, 1.54) is 5.56 Å². The highest BCUT2D eigenvalue weighted by atomic mass is 14.6. The first kappa shape index (κ1) is 6.34. The van der Waals surface area contributed by atoms with E-state index < -0.39 is 0 Å². The fourth-order valence-electron chi connectivity index (χ4n) is 0.708. The monoisotopic (exact) mass is 119 g/mol. The van der Waals surface area contributed by atoms with E-state index in [2.05, 4.69) is 18.9 Å². The number of pyridine rings is 1. The van der Waals surface area contributed by atoms with Crippen molar-refractivity contribution in [1.29, 1.82) is 0 Å². The molecule has 0 radical (unpaired) electrons. The number of hydrogen-bond acceptors (Lipinski definition) is 1. The smallest absolute Gasteiger partial charge is 0.107 e. The van der Waals surface area contributed by atoms with Crippen LogP contribution >= 0.6 is 0 Å². The van der Waals surface area contributed by atoms with Gasteiger partial charge in [0.2, 0.25) is 0 Å². The molecule has 0 aliphatic carbocycles. The zero-order chi connectivity index (χ0) is 6.69. The number of aromatic nitrogens is 1. The second-order valence-electron chi connectivity index (χ2n) is 2.16. The Hall–Kier alpha value is -0.785. The molecule has 1 rings (SSSR count). The summed E-state index contributed by atoms with van der Waals surface area (Å²) in [5, 5.41) is 0. The van der Waals surface area contributed by atoms with Crippen LogP contribution in [0.5, 0.6) is 0 Å². The third-order valence-electron chi connectivity index (χ3n) is 1.38. The SMILES string of the molecule is BCc1ccc(C)nc1. The van der Waals surface area contributed by atoms with Crippen LogP contribution in [0, 0.1) is 6.92 Å². The van der Waals surface area contributed by atoms with Crippen LogP contribution in [0.2, 0.25) is 0 Å². The average Bonchev–Trinajstić information content (AvgIpc) is 1.90. The lowest BCUT2D eigenvalue weighted by Gasteiger charge is -1.93. The first-order valence-corrected chi connectivity index (χ1v) is 3.24. The molecule has 1 nitrogen and oxygen atoms in total. The van der Waals surface area contributed by atoms with Crippen LogP contribution in [0.15, 0.2) is 18.3 Å². The quantitative estimate of drug-likeness (QED) is 0.491. The summed E-state index contributed by atoms with van der Waals surface area (Å²) >= 11 is 0. The molecule has 0 spiro atoms. The Morgan fingerprint density at radius 3 is 2.78 bits per heavy atom. The molecule has 0 unspecified atom stereocenters. The van der Waals surface area contributed by atoms with Crippen molar-refractivity contribution in [2.75, 3.05) is 0 Å². The zero-order valence-electron chi connectivity index (χ0n) is 5.89. The third-order valence-corrected chi connectivity index (χ3v) is 1.38. The maximum Gasteiger partial charge on any atom is 0.107 e. The third kappa shape index (κ3) is 1.56. The van der Waals surface area contributed by atoms with Gasteiger partial charge in [-0.05, 0) is 18.6 Å². The Morgan fingerprint density at radius 1 is 1.56 bits per heavy atom. The summed E-state index contributed by atoms with van der Waals surface area (Å²) in [5.41, 5.74) is 2.40. The van der Waals surface area contributed by atoms with Gasteiger partial charge in [0.05, 0.1) is 0 Å². The van der Waals surface area contributed by atoms with Crippen LogP contribution in [-0.4, -0.2) is 12.8 Å². The lowest BCUT2D eigenvalue weighted by atomic mass is 9.98. The van der Waals surface area contributed by atoms with Crippen LogP contribution in [0.25, 0.3) is 0 Å². The van der Waals surface area contributed by atoms with E-state index >= 15 is 0 Å². The summed E-state index contributed by atoms with van der Waals surface area (Å²) in [5.74, 6) is 0. The van der Waals surface area contributed by atoms with Gasteiger partial charge in [-0.1, -0.05) is 12.4 Å². The molecule has 1 aromatic heterocycles. The van der Waals surface area contributed by atoms with Crippen molar-refractivity contribution < 1.29 is 0 Å². The topological polar surface area (TPSA) is 12.9 Å². The summed E-state index contributed by atoms with van der Waals surface area (Å²) < 4.78 is 0. The molecule has 0 aromatic carbocycles. The molecular weight excluding hydrogens is 109 g/mol. The van der Waals surface area contributed by atoms with Gasteiger partial charge in [0.25, 0.3) is 0 Å². The number of rotatable bonds is 1. The minimum absolute atomic E-state index is 1.08. The maximum absolute atomic E-state index is 4.15. The van der Waals surface area contributed by atoms with Gasteiger partial charge in [-0.25, -0.2) is 0 Å². The maximum atomic E-state index is 4.15. The molecule has 0 aliphatic heterocycles. The van der Waals surface area contributed by atoms with E-state index in [-0.39, 0.29) is 0 Å². The Labute approximate surface area is 56.5 Å². The van der Waals surface area contributed by atoms with Crippen molar-refractivity contribution in [3.05, 3.63) is 29.6 Å². The van der Waals surface area contributed by atoms with Gasteiger partial charge < -0.3 is 0 Å². The standard InChI is InChI=1S/C7H10BN/c1-6-2-3-7(4-8)5-9-6/h2-3,5H,4,8H2,1H3. The molecule has 0 fully saturated rings. The van der Waals surface area contributed by atoms with Crippen molar-refractivity contribution in [1.82, 2.24) is 4.98 Å². The van der Waals surface area contributed by atoms with Crippen molar-refractivity contribution in [2.45, 2.75) is 13.2 Å².